The maximum atomic E-state index is 10.0. The maximum Gasteiger partial charge on any atom is 0.333 e. The fourth-order valence-corrected chi connectivity index (χ4v) is 1.34. The fourth-order valence-electron chi connectivity index (χ4n) is 0.205. The molecular weight excluding hydrogens is 166 g/mol. The predicted octanol–water partition coefficient (Wildman–Crippen LogP) is -0.0176. The van der Waals surface area contributed by atoms with Crippen molar-refractivity contribution >= 4 is 21.6 Å². The highest BCUT2D eigenvalue weighted by Gasteiger charge is 2.18. The summed E-state index contributed by atoms with van der Waals surface area (Å²) in [4.78, 5) is 26.1. The van der Waals surface area contributed by atoms with E-state index in [1.54, 1.807) is 0 Å². The van der Waals surface area contributed by atoms with Crippen LogP contribution in [0, 0.1) is 0 Å². The van der Waals surface area contributed by atoms with E-state index in [1.165, 1.54) is 0 Å². The molecule has 0 radical (unpaired) electrons. The molecule has 2 N–H and O–H groups in total. The van der Waals surface area contributed by atoms with E-state index >= 15 is 0 Å². The number of carbonyl (C=O) groups is 1. The first-order valence-corrected chi connectivity index (χ1v) is 4.47. The Labute approximate surface area is 52.4 Å². The lowest BCUT2D eigenvalue weighted by atomic mass is 10.9. The first-order chi connectivity index (χ1) is 3.95. The smallest absolute Gasteiger partial charge is 0.324 e. The normalized spacial score (nSPS) is 11.8. The van der Waals surface area contributed by atoms with Crippen molar-refractivity contribution in [3.8, 4) is 0 Å². The molecule has 52 valence electrons. The van der Waals surface area contributed by atoms with E-state index in [0.717, 1.165) is 0 Å². The van der Waals surface area contributed by atoms with Crippen molar-refractivity contribution in [1.82, 2.24) is 0 Å². The Hall–Kier alpha value is -0.0800. The van der Waals surface area contributed by atoms with Gasteiger partial charge in [0.2, 0.25) is 14.0 Å². The van der Waals surface area contributed by atoms with Gasteiger partial charge in [-0.1, -0.05) is 0 Å². The molecule has 0 aliphatic carbocycles. The first kappa shape index (κ1) is 8.92. The highest BCUT2D eigenvalue weighted by molar-refractivity contribution is 7.57. The van der Waals surface area contributed by atoms with Crippen LogP contribution in [0.5, 0.6) is 0 Å². The van der Waals surface area contributed by atoms with Crippen LogP contribution in [0.2, 0.25) is 0 Å². The van der Waals surface area contributed by atoms with Gasteiger partial charge in [0.05, 0.1) is 0 Å². The predicted molar refractivity (Wildman–Crippen MR) is 29.5 cm³/mol. The molecule has 9 heavy (non-hydrogen) atoms. The highest BCUT2D eigenvalue weighted by Crippen LogP contribution is 2.34. The molecule has 0 aromatic carbocycles. The van der Waals surface area contributed by atoms with Crippen molar-refractivity contribution < 1.29 is 23.7 Å². The fraction of sp³-hybridized carbons (Fsp3) is 0.500. The molecule has 0 aromatic rings. The van der Waals surface area contributed by atoms with Gasteiger partial charge in [0.1, 0.15) is 6.16 Å². The summed E-state index contributed by atoms with van der Waals surface area (Å²) in [5.41, 5.74) is -0.983. The van der Waals surface area contributed by atoms with Gasteiger partial charge in [-0.15, -0.1) is 0 Å². The molecule has 0 unspecified atom stereocenters. The lowest BCUT2D eigenvalue weighted by Crippen LogP contribution is -1.95. The third kappa shape index (κ3) is 5.80. The zero-order valence-corrected chi connectivity index (χ0v) is 6.01. The summed E-state index contributed by atoms with van der Waals surface area (Å²) in [6.45, 7) is 0. The molecule has 0 heterocycles. The number of rotatable bonds is 3. The molecule has 0 saturated carbocycles. The molecule has 0 rings (SSSR count). The van der Waals surface area contributed by atoms with Crippen LogP contribution in [0.1, 0.15) is 0 Å². The quantitative estimate of drug-likeness (QED) is 0.580. The van der Waals surface area contributed by atoms with E-state index in [1.807, 2.05) is 0 Å². The van der Waals surface area contributed by atoms with Crippen molar-refractivity contribution in [1.29, 1.82) is 0 Å². The van der Waals surface area contributed by atoms with Crippen LogP contribution in [0.3, 0.4) is 0 Å². The molecule has 0 atom stereocenters. The number of carbonyl (C=O) groups excluding carboxylic acids is 1. The molecule has 0 aliphatic heterocycles. The average molecular weight is 170 g/mol. The lowest BCUT2D eigenvalue weighted by molar-refractivity contribution is -0.109. The summed E-state index contributed by atoms with van der Waals surface area (Å²) in [5, 5.41) is 0. The monoisotopic (exact) mass is 170 g/mol. The van der Waals surface area contributed by atoms with Gasteiger partial charge < -0.3 is 9.79 Å². The molecule has 0 fully saturated rings. The van der Waals surface area contributed by atoms with Gasteiger partial charge in [-0.3, -0.25) is 13.9 Å². The van der Waals surface area contributed by atoms with Crippen LogP contribution in [0.15, 0.2) is 0 Å². The third-order valence-corrected chi connectivity index (χ3v) is 1.75. The molecule has 5 nitrogen and oxygen atoms in total. The van der Waals surface area contributed by atoms with E-state index in [4.69, 9.17) is 9.79 Å². The second kappa shape index (κ2) is 3.18. The largest absolute Gasteiger partial charge is 0.333 e. The van der Waals surface area contributed by atoms with Gasteiger partial charge in [0, 0.05) is 0 Å². The summed E-state index contributed by atoms with van der Waals surface area (Å²) in [7, 11) is -5.15. The summed E-state index contributed by atoms with van der Waals surface area (Å²) < 4.78 is 19.5. The van der Waals surface area contributed by atoms with Gasteiger partial charge in [-0.05, 0) is 0 Å². The molecule has 7 heteroatoms. The second-order valence-corrected chi connectivity index (χ2v) is 3.63. The minimum atomic E-state index is -4.29. The Morgan fingerprint density at radius 2 is 2.00 bits per heavy atom. The maximum absolute atomic E-state index is 10.0. The van der Waals surface area contributed by atoms with Gasteiger partial charge in [-0.2, -0.15) is 0 Å². The Kier molecular flexibility index (Phi) is 3.15. The zero-order valence-electron chi connectivity index (χ0n) is 4.22. The van der Waals surface area contributed by atoms with Crippen molar-refractivity contribution in [3.63, 3.8) is 0 Å². The van der Waals surface area contributed by atoms with Crippen LogP contribution in [0.4, 0.5) is 0 Å². The van der Waals surface area contributed by atoms with E-state index in [0.29, 0.717) is 0 Å². The first-order valence-electron chi connectivity index (χ1n) is 1.86. The molecule has 0 spiro atoms. The molecule has 0 aliphatic rings. The Balaban J connectivity index is 3.89. The summed E-state index contributed by atoms with van der Waals surface area (Å²) >= 11 is 0. The van der Waals surface area contributed by atoms with Gasteiger partial charge in [0.15, 0.2) is 0 Å². The minimum absolute atomic E-state index is 0.853. The summed E-state index contributed by atoms with van der Waals surface area (Å²) in [5.74, 6) is 0. The average Bonchev–Trinajstić information content (AvgIpc) is 1.62. The third-order valence-electron chi connectivity index (χ3n) is 0.443. The van der Waals surface area contributed by atoms with E-state index in [2.05, 4.69) is 0 Å². The molecule has 0 saturated heterocycles. The second-order valence-electron chi connectivity index (χ2n) is 1.31. The summed E-state index contributed by atoms with van der Waals surface area (Å²) in [6.07, 6.45) is -0.946. The number of hydrogen-bond acceptors (Lipinski definition) is 3. The van der Waals surface area contributed by atoms with Crippen molar-refractivity contribution in [2.24, 2.45) is 0 Å². The van der Waals surface area contributed by atoms with Crippen molar-refractivity contribution in [2.75, 3.05) is 6.16 Å². The van der Waals surface area contributed by atoms with Crippen LogP contribution in [-0.4, -0.2) is 21.5 Å². The van der Waals surface area contributed by atoms with E-state index in [9.17, 15) is 13.9 Å². The number of hydrogen-bond donors (Lipinski definition) is 2. The van der Waals surface area contributed by atoms with Crippen LogP contribution < -0.4 is 0 Å². The van der Waals surface area contributed by atoms with Gasteiger partial charge >= 0.3 is 7.60 Å². The highest BCUT2D eigenvalue weighted by atomic mass is 31.2. The molecule has 0 amide bonds. The van der Waals surface area contributed by atoms with Crippen LogP contribution in [0.25, 0.3) is 0 Å². The van der Waals surface area contributed by atoms with E-state index < -0.39 is 27.7 Å². The Morgan fingerprint density at radius 3 is 2.11 bits per heavy atom. The molecular formula is C2H4O5P2. The zero-order chi connectivity index (χ0) is 7.49. The van der Waals surface area contributed by atoms with Gasteiger partial charge in [-0.25, -0.2) is 0 Å². The minimum Gasteiger partial charge on any atom is -0.324 e. The van der Waals surface area contributed by atoms with Crippen molar-refractivity contribution in [3.05, 3.63) is 0 Å². The van der Waals surface area contributed by atoms with Crippen LogP contribution >= 0.6 is 16.1 Å². The molecule has 0 bridgehead atoms. The van der Waals surface area contributed by atoms with Crippen molar-refractivity contribution in [2.45, 2.75) is 0 Å². The topological polar surface area (TPSA) is 91.7 Å². The van der Waals surface area contributed by atoms with E-state index in [-0.39, 0.29) is 0 Å². The van der Waals surface area contributed by atoms with Crippen LogP contribution in [-0.2, 0) is 13.9 Å². The Morgan fingerprint density at radius 1 is 1.56 bits per heavy atom. The lowest BCUT2D eigenvalue weighted by Gasteiger charge is -1.95. The standard InChI is InChI=1S/C2H4O5P2/c3-2(8-4)1-9(5,6)7/h1H2,(H2,5,6,7). The Bertz CT molecular complexity index is 168. The molecule has 0 aromatic heterocycles. The SMILES string of the molecule is O=PC(=O)CP(=O)(O)O. The summed E-state index contributed by atoms with van der Waals surface area (Å²) in [6, 6.07) is 0. The van der Waals surface area contributed by atoms with Gasteiger partial charge in [0.25, 0.3) is 0 Å².